The number of aliphatic hydroxyl groups excluding tert-OH is 1. The van der Waals surface area contributed by atoms with E-state index in [1.807, 2.05) is 25.9 Å². The maximum Gasteiger partial charge on any atom is 0.295 e. The number of carbonyl (C=O) groups is 2. The number of hydrogen-bond acceptors (Lipinski definition) is 8. The molecule has 0 aromatic heterocycles. The van der Waals surface area contributed by atoms with E-state index >= 15 is 0 Å². The highest BCUT2D eigenvalue weighted by Crippen LogP contribution is 2.46. The van der Waals surface area contributed by atoms with Gasteiger partial charge in [0.2, 0.25) is 5.75 Å². The number of amides is 1. The van der Waals surface area contributed by atoms with Gasteiger partial charge in [0.15, 0.2) is 11.5 Å². The fourth-order valence-corrected chi connectivity index (χ4v) is 4.64. The molecule has 2 aromatic rings. The normalized spacial score (nSPS) is 16.8. The highest BCUT2D eigenvalue weighted by atomic mass is 16.5. The van der Waals surface area contributed by atoms with Crippen LogP contribution in [0.1, 0.15) is 43.0 Å². The van der Waals surface area contributed by atoms with Crippen LogP contribution in [-0.4, -0.2) is 81.7 Å². The number of aryl methyl sites for hydroxylation is 1. The third kappa shape index (κ3) is 6.47. The summed E-state index contributed by atoms with van der Waals surface area (Å²) >= 11 is 0. The minimum absolute atomic E-state index is 0.00868. The minimum Gasteiger partial charge on any atom is -0.507 e. The number of aliphatic hydroxyl groups is 1. The van der Waals surface area contributed by atoms with Crippen molar-refractivity contribution in [3.63, 3.8) is 0 Å². The summed E-state index contributed by atoms with van der Waals surface area (Å²) in [6.45, 7) is 7.62. The number of Topliss-reactive ketones (excluding diaryl/α,β-unsaturated/α-hetero) is 1. The van der Waals surface area contributed by atoms with E-state index < -0.39 is 17.7 Å². The van der Waals surface area contributed by atoms with Gasteiger partial charge in [0.1, 0.15) is 11.5 Å². The second-order valence-electron chi connectivity index (χ2n) is 10.3. The van der Waals surface area contributed by atoms with Crippen molar-refractivity contribution >= 4 is 17.4 Å². The molecule has 1 fully saturated rings. The summed E-state index contributed by atoms with van der Waals surface area (Å²) in [4.78, 5) is 30.3. The van der Waals surface area contributed by atoms with Crippen LogP contribution in [0.4, 0.5) is 0 Å². The van der Waals surface area contributed by atoms with Crippen LogP contribution in [-0.2, 0) is 9.59 Å². The Morgan fingerprint density at radius 2 is 1.64 bits per heavy atom. The van der Waals surface area contributed by atoms with Gasteiger partial charge in [-0.15, -0.1) is 0 Å². The summed E-state index contributed by atoms with van der Waals surface area (Å²) in [5.74, 6) is 0.560. The van der Waals surface area contributed by atoms with E-state index in [4.69, 9.17) is 18.9 Å². The fourth-order valence-electron chi connectivity index (χ4n) is 4.64. The van der Waals surface area contributed by atoms with Crippen LogP contribution in [0, 0.1) is 12.8 Å². The largest absolute Gasteiger partial charge is 0.507 e. The molecule has 1 saturated heterocycles. The van der Waals surface area contributed by atoms with Gasteiger partial charge in [0.05, 0.1) is 39.6 Å². The van der Waals surface area contributed by atoms with Crippen molar-refractivity contribution in [2.24, 2.45) is 5.92 Å². The molecule has 9 nitrogen and oxygen atoms in total. The van der Waals surface area contributed by atoms with Crippen LogP contribution >= 0.6 is 0 Å². The molecule has 9 heteroatoms. The molecule has 0 spiro atoms. The number of ether oxygens (including phenoxy) is 4. The number of benzene rings is 2. The lowest BCUT2D eigenvalue weighted by Crippen LogP contribution is -2.32. The number of likely N-dealkylation sites (tertiary alicyclic amines) is 1. The van der Waals surface area contributed by atoms with E-state index in [2.05, 4.69) is 13.8 Å². The van der Waals surface area contributed by atoms with E-state index in [9.17, 15) is 14.7 Å². The third-order valence-corrected chi connectivity index (χ3v) is 6.57. The first-order chi connectivity index (χ1) is 18.5. The highest BCUT2D eigenvalue weighted by Gasteiger charge is 2.46. The van der Waals surface area contributed by atoms with E-state index in [1.165, 1.54) is 26.2 Å². The van der Waals surface area contributed by atoms with Gasteiger partial charge in [-0.3, -0.25) is 9.59 Å². The summed E-state index contributed by atoms with van der Waals surface area (Å²) in [6.07, 6.45) is 0.641. The summed E-state index contributed by atoms with van der Waals surface area (Å²) in [5.41, 5.74) is 1.80. The average molecular weight is 541 g/mol. The summed E-state index contributed by atoms with van der Waals surface area (Å²) in [6, 6.07) is 7.80. The maximum atomic E-state index is 13.4. The second-order valence-corrected chi connectivity index (χ2v) is 10.3. The topological polar surface area (TPSA) is 97.8 Å². The SMILES string of the molecule is COc1cc([C@@H]2C(=C(O)c3ccc(OCC(C)C)c(C)c3)C(=O)C(=O)N2CCCN(C)C)cc(OC)c1OC. The molecule has 3 rings (SSSR count). The molecule has 1 amide bonds. The maximum absolute atomic E-state index is 13.4. The number of carbonyl (C=O) groups excluding carboxylic acids is 2. The Kier molecular flexibility index (Phi) is 9.86. The lowest BCUT2D eigenvalue weighted by atomic mass is 9.94. The van der Waals surface area contributed by atoms with Crippen LogP contribution in [0.15, 0.2) is 35.9 Å². The van der Waals surface area contributed by atoms with Gasteiger partial charge in [-0.05, 0) is 81.4 Å². The van der Waals surface area contributed by atoms with Crippen molar-refractivity contribution in [2.45, 2.75) is 33.2 Å². The Morgan fingerprint density at radius 1 is 1.00 bits per heavy atom. The molecule has 2 aromatic carbocycles. The van der Waals surface area contributed by atoms with E-state index in [1.54, 1.807) is 30.3 Å². The molecule has 1 heterocycles. The Bertz CT molecular complexity index is 1210. The lowest BCUT2D eigenvalue weighted by molar-refractivity contribution is -0.139. The molecule has 1 N–H and O–H groups in total. The zero-order chi connectivity index (χ0) is 28.9. The zero-order valence-corrected chi connectivity index (χ0v) is 24.2. The van der Waals surface area contributed by atoms with Crippen LogP contribution in [0.25, 0.3) is 5.76 Å². The molecule has 0 unspecified atom stereocenters. The van der Waals surface area contributed by atoms with Crippen molar-refractivity contribution in [3.8, 4) is 23.0 Å². The fraction of sp³-hybridized carbons (Fsp3) is 0.467. The highest BCUT2D eigenvalue weighted by molar-refractivity contribution is 6.46. The lowest BCUT2D eigenvalue weighted by Gasteiger charge is -2.27. The van der Waals surface area contributed by atoms with Gasteiger partial charge < -0.3 is 33.9 Å². The summed E-state index contributed by atoms with van der Waals surface area (Å²) < 4.78 is 22.4. The Labute approximate surface area is 230 Å². The van der Waals surface area contributed by atoms with Gasteiger partial charge >= 0.3 is 0 Å². The summed E-state index contributed by atoms with van der Waals surface area (Å²) in [5, 5.41) is 11.5. The van der Waals surface area contributed by atoms with Crippen molar-refractivity contribution in [1.82, 2.24) is 9.80 Å². The molecule has 0 bridgehead atoms. The van der Waals surface area contributed by atoms with Gasteiger partial charge in [-0.1, -0.05) is 13.8 Å². The van der Waals surface area contributed by atoms with Crippen LogP contribution in [0.3, 0.4) is 0 Å². The number of methoxy groups -OCH3 is 3. The van der Waals surface area contributed by atoms with Crippen LogP contribution in [0.2, 0.25) is 0 Å². The van der Waals surface area contributed by atoms with Gasteiger partial charge in [-0.25, -0.2) is 0 Å². The number of nitrogens with zero attached hydrogens (tertiary/aromatic N) is 2. The smallest absolute Gasteiger partial charge is 0.295 e. The van der Waals surface area contributed by atoms with Crippen LogP contribution < -0.4 is 18.9 Å². The standard InChI is InChI=1S/C30H40N2O7/c1-18(2)17-39-22-11-10-20(14-19(22)3)27(33)25-26(32(30(35)28(25)34)13-9-12-31(4)5)21-15-23(36-6)29(38-8)24(16-21)37-7/h10-11,14-16,18,26,33H,9,12-13,17H2,1-8H3/t26-/m1/s1. The number of ketones is 1. The van der Waals surface area contributed by atoms with E-state index in [0.29, 0.717) is 59.6 Å². The summed E-state index contributed by atoms with van der Waals surface area (Å²) in [7, 11) is 8.40. The molecular formula is C30H40N2O7. The first-order valence-corrected chi connectivity index (χ1v) is 13.0. The number of rotatable bonds is 12. The molecule has 1 aliphatic heterocycles. The first-order valence-electron chi connectivity index (χ1n) is 13.0. The predicted molar refractivity (Wildman–Crippen MR) is 150 cm³/mol. The Morgan fingerprint density at radius 3 is 2.15 bits per heavy atom. The van der Waals surface area contributed by atoms with Crippen molar-refractivity contribution < 1.29 is 33.6 Å². The number of hydrogen-bond donors (Lipinski definition) is 1. The minimum atomic E-state index is -0.849. The molecule has 1 aliphatic rings. The average Bonchev–Trinajstić information content (AvgIpc) is 3.15. The molecule has 0 saturated carbocycles. The quantitative estimate of drug-likeness (QED) is 0.240. The van der Waals surface area contributed by atoms with Crippen molar-refractivity contribution in [2.75, 3.05) is 55.1 Å². The molecule has 39 heavy (non-hydrogen) atoms. The van der Waals surface area contributed by atoms with Crippen molar-refractivity contribution in [1.29, 1.82) is 0 Å². The Balaban J connectivity index is 2.17. The van der Waals surface area contributed by atoms with Gasteiger partial charge in [0, 0.05) is 12.1 Å². The zero-order valence-electron chi connectivity index (χ0n) is 24.2. The second kappa shape index (κ2) is 12.9. The predicted octanol–water partition coefficient (Wildman–Crippen LogP) is 4.43. The molecule has 212 valence electrons. The molecule has 0 aliphatic carbocycles. The molecule has 1 atom stereocenters. The van der Waals surface area contributed by atoms with E-state index in [0.717, 1.165) is 12.1 Å². The molecule has 0 radical (unpaired) electrons. The van der Waals surface area contributed by atoms with Crippen molar-refractivity contribution in [3.05, 3.63) is 52.6 Å². The van der Waals surface area contributed by atoms with Gasteiger partial charge in [0.25, 0.3) is 11.7 Å². The third-order valence-electron chi connectivity index (χ3n) is 6.57. The molecular weight excluding hydrogens is 500 g/mol. The monoisotopic (exact) mass is 540 g/mol. The van der Waals surface area contributed by atoms with Gasteiger partial charge in [-0.2, -0.15) is 0 Å². The first kappa shape index (κ1) is 29.8. The Hall–Kier alpha value is -3.72. The van der Waals surface area contributed by atoms with E-state index in [-0.39, 0.29) is 11.3 Å². The van der Waals surface area contributed by atoms with Crippen LogP contribution in [0.5, 0.6) is 23.0 Å².